The fourth-order valence-electron chi connectivity index (χ4n) is 2.62. The Kier molecular flexibility index (Phi) is 6.51. The molecule has 0 aliphatic carbocycles. The van der Waals surface area contributed by atoms with Crippen LogP contribution in [0.15, 0.2) is 24.5 Å². The first-order chi connectivity index (χ1) is 11.9. The number of hydrogen-bond donors (Lipinski definition) is 0. The maximum Gasteiger partial charge on any atom is 0.262 e. The van der Waals surface area contributed by atoms with Crippen molar-refractivity contribution in [1.29, 1.82) is 0 Å². The van der Waals surface area contributed by atoms with E-state index in [1.807, 2.05) is 13.8 Å². The van der Waals surface area contributed by atoms with Gasteiger partial charge in [0.05, 0.1) is 21.8 Å². The molecule has 7 heteroatoms. The number of aryl methyl sites for hydroxylation is 1. The summed E-state index contributed by atoms with van der Waals surface area (Å²) in [6.07, 6.45) is 4.15. The van der Waals surface area contributed by atoms with Gasteiger partial charge in [-0.15, -0.1) is 0 Å². The molecule has 2 rings (SSSR count). The molecule has 2 aromatic heterocycles. The highest BCUT2D eigenvalue weighted by atomic mass is 35.5. The lowest BCUT2D eigenvalue weighted by Gasteiger charge is -2.23. The van der Waals surface area contributed by atoms with Gasteiger partial charge in [-0.25, -0.2) is 4.98 Å². The van der Waals surface area contributed by atoms with Crippen molar-refractivity contribution in [2.75, 3.05) is 6.54 Å². The van der Waals surface area contributed by atoms with E-state index in [2.05, 4.69) is 9.97 Å². The fraction of sp³-hybridized carbons (Fsp3) is 0.333. The van der Waals surface area contributed by atoms with Gasteiger partial charge in [-0.05, 0) is 37.5 Å². The second-order valence-electron chi connectivity index (χ2n) is 5.51. The molecule has 2 amide bonds. The Morgan fingerprint density at radius 2 is 1.92 bits per heavy atom. The summed E-state index contributed by atoms with van der Waals surface area (Å²) >= 11 is 12.3. The Morgan fingerprint density at radius 3 is 2.48 bits per heavy atom. The van der Waals surface area contributed by atoms with Crippen molar-refractivity contribution in [3.63, 3.8) is 0 Å². The highest BCUT2D eigenvalue weighted by Crippen LogP contribution is 2.30. The van der Waals surface area contributed by atoms with Crippen LogP contribution in [0.3, 0.4) is 0 Å². The minimum atomic E-state index is -0.420. The van der Waals surface area contributed by atoms with Crippen molar-refractivity contribution < 1.29 is 9.59 Å². The zero-order valence-electron chi connectivity index (χ0n) is 14.3. The third kappa shape index (κ3) is 3.99. The first-order valence-corrected chi connectivity index (χ1v) is 8.78. The van der Waals surface area contributed by atoms with E-state index in [9.17, 15) is 9.59 Å². The van der Waals surface area contributed by atoms with Crippen LogP contribution in [-0.4, -0.2) is 33.2 Å². The van der Waals surface area contributed by atoms with Crippen molar-refractivity contribution in [2.45, 2.75) is 33.6 Å². The molecule has 5 nitrogen and oxygen atoms in total. The van der Waals surface area contributed by atoms with E-state index >= 15 is 0 Å². The zero-order valence-corrected chi connectivity index (χ0v) is 15.9. The van der Waals surface area contributed by atoms with E-state index < -0.39 is 11.8 Å². The first kappa shape index (κ1) is 19.3. The van der Waals surface area contributed by atoms with Crippen molar-refractivity contribution >= 4 is 35.0 Å². The summed E-state index contributed by atoms with van der Waals surface area (Å²) in [6.45, 7) is 5.75. The van der Waals surface area contributed by atoms with Gasteiger partial charge >= 0.3 is 0 Å². The minimum absolute atomic E-state index is 0.160. The Morgan fingerprint density at radius 1 is 1.20 bits per heavy atom. The lowest BCUT2D eigenvalue weighted by Crippen LogP contribution is -2.38. The number of carbonyl (C=O) groups excluding carboxylic acids is 2. The van der Waals surface area contributed by atoms with Crippen LogP contribution in [0, 0.1) is 6.92 Å². The molecule has 0 saturated carbocycles. The van der Waals surface area contributed by atoms with Crippen LogP contribution >= 0.6 is 23.2 Å². The molecular formula is C18H19Cl2N3O2. The van der Waals surface area contributed by atoms with E-state index in [-0.39, 0.29) is 16.7 Å². The molecule has 0 atom stereocenters. The summed E-state index contributed by atoms with van der Waals surface area (Å²) in [5.41, 5.74) is 1.75. The van der Waals surface area contributed by atoms with Crippen LogP contribution in [0.25, 0.3) is 0 Å². The summed E-state index contributed by atoms with van der Waals surface area (Å²) in [7, 11) is 0. The molecule has 0 bridgehead atoms. The predicted octanol–water partition coefficient (Wildman–Crippen LogP) is 4.35. The lowest BCUT2D eigenvalue weighted by atomic mass is 10.0. The number of halogens is 2. The fourth-order valence-corrected chi connectivity index (χ4v) is 3.13. The number of hydrogen-bond acceptors (Lipinski definition) is 4. The molecule has 0 aromatic carbocycles. The summed E-state index contributed by atoms with van der Waals surface area (Å²) in [4.78, 5) is 35.3. The Hall–Kier alpha value is -1.98. The quantitative estimate of drug-likeness (QED) is 0.572. The van der Waals surface area contributed by atoms with E-state index in [1.165, 1.54) is 11.1 Å². The molecule has 0 saturated heterocycles. The third-order valence-electron chi connectivity index (χ3n) is 3.79. The number of imide groups is 1. The van der Waals surface area contributed by atoms with Gasteiger partial charge in [0, 0.05) is 18.9 Å². The zero-order chi connectivity index (χ0) is 18.6. The molecule has 0 N–H and O–H groups in total. The number of aromatic nitrogens is 2. The molecule has 0 unspecified atom stereocenters. The normalized spacial score (nSPS) is 10.6. The second-order valence-corrected chi connectivity index (χ2v) is 6.25. The van der Waals surface area contributed by atoms with Crippen molar-refractivity contribution in [1.82, 2.24) is 14.9 Å². The van der Waals surface area contributed by atoms with Crippen molar-refractivity contribution in [2.24, 2.45) is 0 Å². The largest absolute Gasteiger partial charge is 0.274 e. The molecule has 0 aliphatic heterocycles. The Balaban J connectivity index is 2.52. The Bertz CT molecular complexity index is 795. The smallest absolute Gasteiger partial charge is 0.262 e. The average molecular weight is 380 g/mol. The number of nitrogens with zero attached hydrogens (tertiary/aromatic N) is 3. The molecule has 132 valence electrons. The molecule has 2 heterocycles. The minimum Gasteiger partial charge on any atom is -0.274 e. The maximum absolute atomic E-state index is 13.2. The van der Waals surface area contributed by atoms with Crippen molar-refractivity contribution in [3.05, 3.63) is 57.1 Å². The number of rotatable bonds is 5. The second kappa shape index (κ2) is 8.41. The topological polar surface area (TPSA) is 63.2 Å². The highest BCUT2D eigenvalue weighted by Gasteiger charge is 2.28. The van der Waals surface area contributed by atoms with Gasteiger partial charge in [-0.1, -0.05) is 37.0 Å². The van der Waals surface area contributed by atoms with Crippen LogP contribution < -0.4 is 0 Å². The molecule has 0 aliphatic rings. The van der Waals surface area contributed by atoms with E-state index in [0.717, 1.165) is 0 Å². The first-order valence-electron chi connectivity index (χ1n) is 8.03. The van der Waals surface area contributed by atoms with Crippen LogP contribution in [0.1, 0.15) is 52.2 Å². The molecule has 0 radical (unpaired) electrons. The molecule has 0 fully saturated rings. The van der Waals surface area contributed by atoms with Gasteiger partial charge in [0.25, 0.3) is 11.8 Å². The van der Waals surface area contributed by atoms with Crippen LogP contribution in [0.2, 0.25) is 10.2 Å². The van der Waals surface area contributed by atoms with E-state index in [1.54, 1.807) is 25.3 Å². The van der Waals surface area contributed by atoms with Gasteiger partial charge in [-0.2, -0.15) is 0 Å². The highest BCUT2D eigenvalue weighted by molar-refractivity contribution is 6.42. The summed E-state index contributed by atoms with van der Waals surface area (Å²) < 4.78 is 0. The molecule has 2 aromatic rings. The SMILES string of the molecule is CCCN(C(=O)c1cccnc1)C(=O)c1c(C)nc(Cl)c(Cl)c1CC. The van der Waals surface area contributed by atoms with Crippen molar-refractivity contribution in [3.8, 4) is 0 Å². The standard InChI is InChI=1S/C18H19Cl2N3O2/c1-4-9-23(17(24)12-7-6-8-21-10-12)18(25)14-11(3)22-16(20)15(19)13(14)5-2/h6-8,10H,4-5,9H2,1-3H3. The summed E-state index contributed by atoms with van der Waals surface area (Å²) in [5, 5.41) is 0.414. The Labute approximate surface area is 157 Å². The van der Waals surface area contributed by atoms with Crippen LogP contribution in [0.4, 0.5) is 0 Å². The number of amides is 2. The third-order valence-corrected chi connectivity index (χ3v) is 4.57. The monoisotopic (exact) mass is 379 g/mol. The van der Waals surface area contributed by atoms with Gasteiger partial charge < -0.3 is 0 Å². The van der Waals surface area contributed by atoms with Crippen LogP contribution in [-0.2, 0) is 6.42 Å². The van der Waals surface area contributed by atoms with Crippen LogP contribution in [0.5, 0.6) is 0 Å². The molecule has 25 heavy (non-hydrogen) atoms. The van der Waals surface area contributed by atoms with Gasteiger partial charge in [0.15, 0.2) is 0 Å². The number of carbonyl (C=O) groups is 2. The lowest BCUT2D eigenvalue weighted by molar-refractivity contribution is 0.0614. The van der Waals surface area contributed by atoms with Gasteiger partial charge in [-0.3, -0.25) is 19.5 Å². The average Bonchev–Trinajstić information content (AvgIpc) is 2.62. The maximum atomic E-state index is 13.2. The predicted molar refractivity (Wildman–Crippen MR) is 98.3 cm³/mol. The van der Waals surface area contributed by atoms with E-state index in [0.29, 0.717) is 35.2 Å². The molecule has 0 spiro atoms. The van der Waals surface area contributed by atoms with Gasteiger partial charge in [0.1, 0.15) is 5.15 Å². The van der Waals surface area contributed by atoms with Gasteiger partial charge in [0.2, 0.25) is 0 Å². The molecular weight excluding hydrogens is 361 g/mol. The van der Waals surface area contributed by atoms with E-state index in [4.69, 9.17) is 23.2 Å². The summed E-state index contributed by atoms with van der Waals surface area (Å²) in [6, 6.07) is 3.29. The summed E-state index contributed by atoms with van der Waals surface area (Å²) in [5.74, 6) is -0.816. The number of pyridine rings is 2.